The van der Waals surface area contributed by atoms with Crippen LogP contribution in [0.2, 0.25) is 0 Å². The minimum atomic E-state index is -0.281. The Bertz CT molecular complexity index is 795. The van der Waals surface area contributed by atoms with Gasteiger partial charge < -0.3 is 10.1 Å². The van der Waals surface area contributed by atoms with Gasteiger partial charge in [0.1, 0.15) is 18.0 Å². The summed E-state index contributed by atoms with van der Waals surface area (Å²) in [6.07, 6.45) is 3.80. The van der Waals surface area contributed by atoms with Crippen LogP contribution in [0.15, 0.2) is 30.6 Å². The number of halogens is 1. The van der Waals surface area contributed by atoms with Gasteiger partial charge in [-0.1, -0.05) is 0 Å². The van der Waals surface area contributed by atoms with Crippen LogP contribution < -0.4 is 5.32 Å². The Kier molecular flexibility index (Phi) is 2.96. The molecular weight excluding hydrogens is 271 g/mol. The number of ether oxygens (including phenoxy) is 1. The topological polar surface area (TPSA) is 51.5 Å². The summed E-state index contributed by atoms with van der Waals surface area (Å²) in [5, 5.41) is 8.63. The summed E-state index contributed by atoms with van der Waals surface area (Å²) >= 11 is 0. The lowest BCUT2D eigenvalue weighted by atomic mass is 10.1. The molecule has 21 heavy (non-hydrogen) atoms. The maximum absolute atomic E-state index is 13.3. The Labute approximate surface area is 120 Å². The Hall–Kier alpha value is -2.21. The van der Waals surface area contributed by atoms with Crippen molar-refractivity contribution >= 4 is 22.2 Å². The molecule has 108 valence electrons. The average molecular weight is 286 g/mol. The number of benzene rings is 1. The van der Waals surface area contributed by atoms with Crippen molar-refractivity contribution in [3.05, 3.63) is 36.4 Å². The fourth-order valence-corrected chi connectivity index (χ4v) is 2.76. The van der Waals surface area contributed by atoms with E-state index in [0.717, 1.165) is 36.2 Å². The minimum absolute atomic E-state index is 0.281. The molecule has 1 saturated heterocycles. The first-order chi connectivity index (χ1) is 10.3. The molecule has 3 heterocycles. The van der Waals surface area contributed by atoms with E-state index in [-0.39, 0.29) is 5.82 Å². The smallest absolute Gasteiger partial charge is 0.130 e. The van der Waals surface area contributed by atoms with Crippen LogP contribution in [0.1, 0.15) is 12.8 Å². The summed E-state index contributed by atoms with van der Waals surface area (Å²) in [7, 11) is 0. The van der Waals surface area contributed by atoms with Gasteiger partial charge in [-0.3, -0.25) is 0 Å². The summed E-state index contributed by atoms with van der Waals surface area (Å²) in [5.74, 6) is 0.515. The third-order valence-electron chi connectivity index (χ3n) is 3.79. The van der Waals surface area contributed by atoms with E-state index >= 15 is 0 Å². The van der Waals surface area contributed by atoms with E-state index in [9.17, 15) is 4.39 Å². The van der Waals surface area contributed by atoms with Crippen LogP contribution in [-0.4, -0.2) is 33.9 Å². The van der Waals surface area contributed by atoms with Gasteiger partial charge in [0.25, 0.3) is 0 Å². The highest BCUT2D eigenvalue weighted by Crippen LogP contribution is 2.22. The fraction of sp³-hybridized carbons (Fsp3) is 0.333. The van der Waals surface area contributed by atoms with Crippen LogP contribution in [0, 0.1) is 5.82 Å². The Morgan fingerprint density at radius 1 is 1.33 bits per heavy atom. The van der Waals surface area contributed by atoms with E-state index in [4.69, 9.17) is 4.74 Å². The number of hydrogen-bond donors (Lipinski definition) is 1. The van der Waals surface area contributed by atoms with Crippen LogP contribution in [-0.2, 0) is 4.74 Å². The monoisotopic (exact) mass is 286 g/mol. The van der Waals surface area contributed by atoms with Crippen molar-refractivity contribution in [1.82, 2.24) is 14.6 Å². The Balaban J connectivity index is 1.72. The molecule has 3 aromatic rings. The summed E-state index contributed by atoms with van der Waals surface area (Å²) in [4.78, 5) is 4.36. The molecule has 1 aromatic carbocycles. The Morgan fingerprint density at radius 3 is 3.14 bits per heavy atom. The van der Waals surface area contributed by atoms with Crippen LogP contribution in [0.5, 0.6) is 0 Å². The maximum atomic E-state index is 13.3. The molecule has 0 radical (unpaired) electrons. The highest BCUT2D eigenvalue weighted by atomic mass is 19.1. The normalized spacial score (nSPS) is 19.2. The largest absolute Gasteiger partial charge is 0.379 e. The van der Waals surface area contributed by atoms with Crippen LogP contribution >= 0.6 is 0 Å². The SMILES string of the molecule is Fc1ccc2c(c1)nn1cnc(NC3CCCOC3)cc21. The van der Waals surface area contributed by atoms with Crippen molar-refractivity contribution in [2.24, 2.45) is 0 Å². The fourth-order valence-electron chi connectivity index (χ4n) is 2.76. The third-order valence-corrected chi connectivity index (χ3v) is 3.79. The van der Waals surface area contributed by atoms with Crippen LogP contribution in [0.25, 0.3) is 16.4 Å². The van der Waals surface area contributed by atoms with Crippen molar-refractivity contribution in [3.63, 3.8) is 0 Å². The molecule has 0 aliphatic carbocycles. The summed E-state index contributed by atoms with van der Waals surface area (Å²) in [6.45, 7) is 1.54. The third kappa shape index (κ3) is 2.31. The number of anilines is 1. The van der Waals surface area contributed by atoms with E-state index < -0.39 is 0 Å². The number of nitrogens with one attached hydrogen (secondary N) is 1. The van der Waals surface area contributed by atoms with Gasteiger partial charge in [0.05, 0.1) is 23.7 Å². The number of nitrogens with zero attached hydrogens (tertiary/aromatic N) is 3. The number of fused-ring (bicyclic) bond motifs is 3. The van der Waals surface area contributed by atoms with Gasteiger partial charge in [0, 0.05) is 24.1 Å². The molecule has 0 bridgehead atoms. The number of aromatic nitrogens is 3. The van der Waals surface area contributed by atoms with Gasteiger partial charge in [-0.15, -0.1) is 0 Å². The lowest BCUT2D eigenvalue weighted by Gasteiger charge is -2.23. The summed E-state index contributed by atoms with van der Waals surface area (Å²) in [5.41, 5.74) is 1.55. The van der Waals surface area contributed by atoms with Gasteiger partial charge in [-0.05, 0) is 25.0 Å². The second-order valence-corrected chi connectivity index (χ2v) is 5.32. The molecular formula is C15H15FN4O. The first-order valence-corrected chi connectivity index (χ1v) is 7.07. The quantitative estimate of drug-likeness (QED) is 0.787. The zero-order valence-corrected chi connectivity index (χ0v) is 11.4. The number of rotatable bonds is 2. The first kappa shape index (κ1) is 12.5. The molecule has 1 atom stereocenters. The Morgan fingerprint density at radius 2 is 2.29 bits per heavy atom. The highest BCUT2D eigenvalue weighted by Gasteiger charge is 2.15. The zero-order chi connectivity index (χ0) is 14.2. The lowest BCUT2D eigenvalue weighted by molar-refractivity contribution is 0.0875. The highest BCUT2D eigenvalue weighted by molar-refractivity contribution is 5.94. The van der Waals surface area contributed by atoms with Crippen LogP contribution in [0.3, 0.4) is 0 Å². The van der Waals surface area contributed by atoms with Gasteiger partial charge in [-0.25, -0.2) is 13.9 Å². The lowest BCUT2D eigenvalue weighted by Crippen LogP contribution is -2.30. The molecule has 1 aliphatic heterocycles. The molecule has 5 nitrogen and oxygen atoms in total. The first-order valence-electron chi connectivity index (χ1n) is 7.07. The molecule has 6 heteroatoms. The average Bonchev–Trinajstić information content (AvgIpc) is 2.85. The van der Waals surface area contributed by atoms with Crippen molar-refractivity contribution in [2.75, 3.05) is 18.5 Å². The molecule has 1 unspecified atom stereocenters. The van der Waals surface area contributed by atoms with Gasteiger partial charge >= 0.3 is 0 Å². The van der Waals surface area contributed by atoms with Gasteiger partial charge in [-0.2, -0.15) is 5.10 Å². The van der Waals surface area contributed by atoms with E-state index in [1.54, 1.807) is 16.9 Å². The molecule has 0 saturated carbocycles. The second-order valence-electron chi connectivity index (χ2n) is 5.32. The molecule has 1 N–H and O–H groups in total. The van der Waals surface area contributed by atoms with Gasteiger partial charge in [0.2, 0.25) is 0 Å². The van der Waals surface area contributed by atoms with Crippen LogP contribution in [0.4, 0.5) is 10.2 Å². The number of hydrogen-bond acceptors (Lipinski definition) is 4. The summed E-state index contributed by atoms with van der Waals surface area (Å²) < 4.78 is 20.4. The van der Waals surface area contributed by atoms with Crippen molar-refractivity contribution < 1.29 is 9.13 Å². The maximum Gasteiger partial charge on any atom is 0.130 e. The minimum Gasteiger partial charge on any atom is -0.379 e. The molecule has 1 aliphatic rings. The summed E-state index contributed by atoms with van der Waals surface area (Å²) in [6, 6.07) is 6.87. The molecule has 4 rings (SSSR count). The van der Waals surface area contributed by atoms with Gasteiger partial charge in [0.15, 0.2) is 0 Å². The van der Waals surface area contributed by atoms with E-state index in [0.29, 0.717) is 18.2 Å². The predicted octanol–water partition coefficient (Wildman–Crippen LogP) is 2.61. The zero-order valence-electron chi connectivity index (χ0n) is 11.4. The molecule has 2 aromatic heterocycles. The van der Waals surface area contributed by atoms with E-state index in [1.807, 2.05) is 6.07 Å². The van der Waals surface area contributed by atoms with E-state index in [1.165, 1.54) is 12.1 Å². The van der Waals surface area contributed by atoms with Crippen molar-refractivity contribution in [3.8, 4) is 0 Å². The van der Waals surface area contributed by atoms with Crippen molar-refractivity contribution in [1.29, 1.82) is 0 Å². The molecule has 0 spiro atoms. The molecule has 1 fully saturated rings. The second kappa shape index (κ2) is 4.96. The van der Waals surface area contributed by atoms with E-state index in [2.05, 4.69) is 15.4 Å². The molecule has 0 amide bonds. The standard InChI is InChI=1S/C15H15FN4O/c16-10-3-4-12-13(6-10)19-20-9-17-15(7-14(12)20)18-11-2-1-5-21-8-11/h3-4,6-7,9,11,18H,1-2,5,8H2. The predicted molar refractivity (Wildman–Crippen MR) is 77.9 cm³/mol. The van der Waals surface area contributed by atoms with Crippen molar-refractivity contribution in [2.45, 2.75) is 18.9 Å².